The highest BCUT2D eigenvalue weighted by Gasteiger charge is 2.75. The molecule has 8 nitrogen and oxygen atoms in total. The minimum Gasteiger partial charge on any atom is -0.465 e. The van der Waals surface area contributed by atoms with E-state index in [2.05, 4.69) is 13.2 Å². The fraction of sp³-hybridized carbons (Fsp3) is 0.767. The van der Waals surface area contributed by atoms with Crippen LogP contribution < -0.4 is 0 Å². The zero-order chi connectivity index (χ0) is 27.1. The Kier molecular flexibility index (Phi) is 10.0. The maximum atomic E-state index is 14.4. The summed E-state index contributed by atoms with van der Waals surface area (Å²) in [5.74, 6) is -1.95. The van der Waals surface area contributed by atoms with Crippen molar-refractivity contribution in [3.8, 4) is 0 Å². The number of allylic oxidation sites excluding steroid dienone is 1. The Morgan fingerprint density at radius 2 is 1.84 bits per heavy atom. The van der Waals surface area contributed by atoms with Gasteiger partial charge in [0.15, 0.2) is 0 Å². The van der Waals surface area contributed by atoms with Crippen LogP contribution >= 0.6 is 0 Å². The van der Waals surface area contributed by atoms with Crippen LogP contribution in [0.4, 0.5) is 0 Å². The lowest BCUT2D eigenvalue weighted by Crippen LogP contribution is -2.58. The number of fused-ring (bicyclic) bond motifs is 1. The number of nitrogens with zero attached hydrogens (tertiary/aromatic N) is 2. The summed E-state index contributed by atoms with van der Waals surface area (Å²) in [6.07, 6.45) is 14.3. The van der Waals surface area contributed by atoms with Crippen LogP contribution in [0.15, 0.2) is 25.3 Å². The molecule has 1 N–H and O–H groups in total. The Labute approximate surface area is 227 Å². The second-order valence-corrected chi connectivity index (χ2v) is 11.4. The van der Waals surface area contributed by atoms with Gasteiger partial charge < -0.3 is 24.4 Å². The molecule has 0 aromatic rings. The van der Waals surface area contributed by atoms with Crippen LogP contribution in [-0.2, 0) is 23.9 Å². The summed E-state index contributed by atoms with van der Waals surface area (Å²) in [5, 5.41) is 9.13. The van der Waals surface area contributed by atoms with Gasteiger partial charge in [-0.05, 0) is 51.4 Å². The Morgan fingerprint density at radius 3 is 2.55 bits per heavy atom. The number of unbranched alkanes of at least 4 members (excludes halogenated alkanes) is 4. The topological polar surface area (TPSA) is 96.4 Å². The van der Waals surface area contributed by atoms with Gasteiger partial charge in [-0.1, -0.05) is 44.3 Å². The number of ether oxygens (including phenoxy) is 2. The summed E-state index contributed by atoms with van der Waals surface area (Å²) in [4.78, 5) is 45.4. The molecule has 4 fully saturated rings. The molecule has 5 atom stereocenters. The molecule has 1 saturated carbocycles. The average molecular weight is 531 g/mol. The molecule has 3 aliphatic heterocycles. The molecule has 1 aliphatic carbocycles. The van der Waals surface area contributed by atoms with Crippen molar-refractivity contribution in [1.29, 1.82) is 0 Å². The number of aliphatic hydroxyl groups is 1. The van der Waals surface area contributed by atoms with Gasteiger partial charge in [-0.3, -0.25) is 14.4 Å². The maximum absolute atomic E-state index is 14.4. The monoisotopic (exact) mass is 530 g/mol. The number of amides is 2. The van der Waals surface area contributed by atoms with Crippen LogP contribution in [0.3, 0.4) is 0 Å². The van der Waals surface area contributed by atoms with Gasteiger partial charge in [-0.2, -0.15) is 0 Å². The summed E-state index contributed by atoms with van der Waals surface area (Å²) in [7, 11) is 0. The van der Waals surface area contributed by atoms with Crippen LogP contribution in [0.25, 0.3) is 0 Å². The summed E-state index contributed by atoms with van der Waals surface area (Å²) >= 11 is 0. The molecular weight excluding hydrogens is 484 g/mol. The van der Waals surface area contributed by atoms with Crippen molar-refractivity contribution in [1.82, 2.24) is 9.80 Å². The highest BCUT2D eigenvalue weighted by atomic mass is 16.6. The number of esters is 1. The van der Waals surface area contributed by atoms with Crippen molar-refractivity contribution in [2.75, 3.05) is 26.3 Å². The number of hydrogen-bond donors (Lipinski definition) is 1. The molecule has 1 spiro atoms. The third-order valence-corrected chi connectivity index (χ3v) is 9.03. The van der Waals surface area contributed by atoms with E-state index in [0.717, 1.165) is 57.8 Å². The van der Waals surface area contributed by atoms with E-state index in [1.807, 2.05) is 4.90 Å². The Hall–Kier alpha value is -2.19. The highest BCUT2D eigenvalue weighted by Crippen LogP contribution is 2.59. The fourth-order valence-electron chi connectivity index (χ4n) is 7.29. The normalized spacial score (nSPS) is 30.3. The van der Waals surface area contributed by atoms with Crippen molar-refractivity contribution in [3.05, 3.63) is 25.3 Å². The molecule has 8 heteroatoms. The van der Waals surface area contributed by atoms with Crippen LogP contribution in [0.5, 0.6) is 0 Å². The molecule has 4 rings (SSSR count). The van der Waals surface area contributed by atoms with Gasteiger partial charge in [0.05, 0.1) is 24.5 Å². The number of hydrogen-bond acceptors (Lipinski definition) is 6. The number of likely N-dealkylation sites (tertiary alicyclic amines) is 1. The Morgan fingerprint density at radius 1 is 1.08 bits per heavy atom. The zero-order valence-corrected chi connectivity index (χ0v) is 22.9. The van der Waals surface area contributed by atoms with E-state index in [9.17, 15) is 14.4 Å². The van der Waals surface area contributed by atoms with Crippen LogP contribution in [-0.4, -0.2) is 82.8 Å². The molecule has 212 valence electrons. The summed E-state index contributed by atoms with van der Waals surface area (Å²) in [6, 6.07) is -0.598. The van der Waals surface area contributed by atoms with Crippen molar-refractivity contribution >= 4 is 17.8 Å². The molecular formula is C30H46N2O6. The molecule has 3 saturated heterocycles. The first-order valence-electron chi connectivity index (χ1n) is 14.8. The number of carbonyl (C=O) groups is 3. The van der Waals surface area contributed by atoms with Crippen molar-refractivity contribution in [3.63, 3.8) is 0 Å². The number of rotatable bonds is 15. The first-order valence-corrected chi connectivity index (χ1v) is 14.8. The van der Waals surface area contributed by atoms with Crippen molar-refractivity contribution in [2.24, 2.45) is 11.8 Å². The molecule has 4 aliphatic rings. The highest BCUT2D eigenvalue weighted by molar-refractivity contribution is 5.98. The first-order chi connectivity index (χ1) is 18.5. The average Bonchev–Trinajstić information content (AvgIpc) is 3.57. The van der Waals surface area contributed by atoms with Gasteiger partial charge in [0.25, 0.3) is 0 Å². The van der Waals surface area contributed by atoms with Crippen LogP contribution in [0, 0.1) is 11.8 Å². The van der Waals surface area contributed by atoms with E-state index in [-0.39, 0.29) is 43.1 Å². The SMILES string of the molecule is C=CCCCOC(=O)[C@@H]1[C@@H]2CCC3(O2)C(C(=O)N(CC=C)C2CCCCC2)N(CCCCCCO)C(=O)[C@H]13. The standard InChI is InChI=1S/C30H46N2O6/c1-3-5-13-21-37-29(36)24-23-16-17-30(38-23)25(24)27(34)32(19-11-6-7-12-20-33)26(30)28(35)31(18-4-2)22-14-9-8-10-15-22/h3-4,22-26,33H,1-2,5-21H2/t23-,24+,25-,26?,30?/m0/s1. The summed E-state index contributed by atoms with van der Waals surface area (Å²) < 4.78 is 12.2. The third-order valence-electron chi connectivity index (χ3n) is 9.03. The van der Waals surface area contributed by atoms with E-state index >= 15 is 0 Å². The largest absolute Gasteiger partial charge is 0.465 e. The fourth-order valence-corrected chi connectivity index (χ4v) is 7.29. The van der Waals surface area contributed by atoms with E-state index < -0.39 is 23.5 Å². The number of carbonyl (C=O) groups excluding carboxylic acids is 3. The Balaban J connectivity index is 1.60. The van der Waals surface area contributed by atoms with Gasteiger partial charge in [0.1, 0.15) is 11.6 Å². The van der Waals surface area contributed by atoms with E-state index in [1.54, 1.807) is 17.1 Å². The molecule has 38 heavy (non-hydrogen) atoms. The molecule has 2 bridgehead atoms. The van der Waals surface area contributed by atoms with Crippen LogP contribution in [0.2, 0.25) is 0 Å². The zero-order valence-electron chi connectivity index (χ0n) is 22.9. The lowest BCUT2D eigenvalue weighted by atomic mass is 9.70. The second-order valence-electron chi connectivity index (χ2n) is 11.4. The minimum absolute atomic E-state index is 0.0661. The third kappa shape index (κ3) is 5.57. The van der Waals surface area contributed by atoms with Gasteiger partial charge in [0.2, 0.25) is 11.8 Å². The van der Waals surface area contributed by atoms with E-state index in [0.29, 0.717) is 32.4 Å². The smallest absolute Gasteiger partial charge is 0.312 e. The maximum Gasteiger partial charge on any atom is 0.312 e. The molecule has 2 amide bonds. The quantitative estimate of drug-likeness (QED) is 0.197. The Bertz CT molecular complexity index is 871. The molecule has 3 heterocycles. The summed E-state index contributed by atoms with van der Waals surface area (Å²) in [5.41, 5.74) is -0.983. The lowest BCUT2D eigenvalue weighted by molar-refractivity contribution is -0.155. The predicted molar refractivity (Wildman–Crippen MR) is 144 cm³/mol. The van der Waals surface area contributed by atoms with E-state index in [4.69, 9.17) is 14.6 Å². The molecule has 2 unspecified atom stereocenters. The summed E-state index contributed by atoms with van der Waals surface area (Å²) in [6.45, 7) is 8.94. The van der Waals surface area contributed by atoms with Crippen molar-refractivity contribution in [2.45, 2.75) is 107 Å². The van der Waals surface area contributed by atoms with Gasteiger partial charge in [-0.25, -0.2) is 0 Å². The minimum atomic E-state index is -0.983. The first kappa shape index (κ1) is 28.8. The van der Waals surface area contributed by atoms with Gasteiger partial charge in [0, 0.05) is 25.7 Å². The second kappa shape index (κ2) is 13.2. The van der Waals surface area contributed by atoms with Gasteiger partial charge >= 0.3 is 5.97 Å². The van der Waals surface area contributed by atoms with Crippen LogP contribution in [0.1, 0.15) is 83.5 Å². The molecule has 0 aromatic heterocycles. The predicted octanol–water partition coefficient (Wildman–Crippen LogP) is 3.77. The lowest BCUT2D eigenvalue weighted by Gasteiger charge is -2.40. The number of aliphatic hydroxyl groups excluding tert-OH is 1. The molecule has 0 aromatic carbocycles. The van der Waals surface area contributed by atoms with Crippen molar-refractivity contribution < 1.29 is 29.0 Å². The van der Waals surface area contributed by atoms with Gasteiger partial charge in [-0.15, -0.1) is 13.2 Å². The molecule has 0 radical (unpaired) electrons. The van der Waals surface area contributed by atoms with E-state index in [1.165, 1.54) is 6.42 Å².